The van der Waals surface area contributed by atoms with Gasteiger partial charge in [0.05, 0.1) is 6.10 Å². The largest absolute Gasteiger partial charge is 0.478 e. The molecule has 2 rings (SSSR count). The lowest BCUT2D eigenvalue weighted by Crippen LogP contribution is -2.64. The predicted octanol–water partition coefficient (Wildman–Crippen LogP) is 3.21. The summed E-state index contributed by atoms with van der Waals surface area (Å²) in [5.74, 6) is -0.923. The predicted molar refractivity (Wildman–Crippen MR) is 89.4 cm³/mol. The summed E-state index contributed by atoms with van der Waals surface area (Å²) >= 11 is 0. The molecule has 0 spiro atoms. The molecule has 1 aromatic heterocycles. The first-order valence-electron chi connectivity index (χ1n) is 8.52. The van der Waals surface area contributed by atoms with E-state index in [1.165, 1.54) is 6.07 Å². The topological polar surface area (TPSA) is 80.0 Å². The summed E-state index contributed by atoms with van der Waals surface area (Å²) in [4.78, 5) is 25.7. The van der Waals surface area contributed by atoms with Crippen LogP contribution in [0.15, 0.2) is 10.5 Å². The van der Waals surface area contributed by atoms with Crippen LogP contribution in [0, 0.1) is 5.41 Å². The third-order valence-electron chi connectivity index (χ3n) is 5.70. The highest BCUT2D eigenvalue weighted by molar-refractivity contribution is 5.96. The van der Waals surface area contributed by atoms with E-state index in [0.29, 0.717) is 12.2 Å². The molecule has 0 aromatic carbocycles. The van der Waals surface area contributed by atoms with E-state index in [4.69, 9.17) is 9.15 Å². The zero-order valence-corrected chi connectivity index (χ0v) is 15.1. The first kappa shape index (κ1) is 18.5. The molecule has 0 saturated heterocycles. The third kappa shape index (κ3) is 2.73. The Bertz CT molecular complexity index is 617. The van der Waals surface area contributed by atoms with Crippen LogP contribution >= 0.6 is 0 Å². The van der Waals surface area contributed by atoms with Crippen molar-refractivity contribution in [3.63, 3.8) is 0 Å². The van der Waals surface area contributed by atoms with Gasteiger partial charge in [0.2, 0.25) is 0 Å². The SMILES string of the molecule is CCc1oc(C(=O)N(C)C2CC(OC)C2(CC)CC)cc1C(=O)O. The van der Waals surface area contributed by atoms with Gasteiger partial charge in [0.1, 0.15) is 11.3 Å². The van der Waals surface area contributed by atoms with Gasteiger partial charge < -0.3 is 19.2 Å². The number of amides is 1. The van der Waals surface area contributed by atoms with Gasteiger partial charge in [0.25, 0.3) is 5.91 Å². The molecule has 1 amide bonds. The average Bonchev–Trinajstić information content (AvgIpc) is 2.99. The van der Waals surface area contributed by atoms with Crippen molar-refractivity contribution in [2.45, 2.75) is 58.6 Å². The number of carboxylic acid groups (broad SMARTS) is 1. The lowest BCUT2D eigenvalue weighted by Gasteiger charge is -2.57. The Balaban J connectivity index is 2.26. The highest BCUT2D eigenvalue weighted by Gasteiger charge is 2.55. The maximum absolute atomic E-state index is 12.8. The van der Waals surface area contributed by atoms with Crippen molar-refractivity contribution in [1.29, 1.82) is 0 Å². The van der Waals surface area contributed by atoms with Gasteiger partial charge in [-0.05, 0) is 19.3 Å². The molecule has 134 valence electrons. The Kier molecular flexibility index (Phi) is 5.38. The molecule has 0 aliphatic heterocycles. The molecule has 1 N–H and O–H groups in total. The smallest absolute Gasteiger partial charge is 0.339 e. The van der Waals surface area contributed by atoms with Gasteiger partial charge in [0, 0.05) is 38.1 Å². The summed E-state index contributed by atoms with van der Waals surface area (Å²) < 4.78 is 11.1. The molecule has 24 heavy (non-hydrogen) atoms. The summed E-state index contributed by atoms with van der Waals surface area (Å²) in [5, 5.41) is 9.22. The van der Waals surface area contributed by atoms with Crippen LogP contribution in [0.2, 0.25) is 0 Å². The molecule has 1 fully saturated rings. The lowest BCUT2D eigenvalue weighted by molar-refractivity contribution is -0.147. The fourth-order valence-electron chi connectivity index (χ4n) is 4.07. The van der Waals surface area contributed by atoms with Crippen molar-refractivity contribution in [1.82, 2.24) is 4.90 Å². The normalized spacial score (nSPS) is 22.0. The van der Waals surface area contributed by atoms with Crippen molar-refractivity contribution in [3.05, 3.63) is 23.2 Å². The molecule has 1 saturated carbocycles. The average molecular weight is 337 g/mol. The summed E-state index contributed by atoms with van der Waals surface area (Å²) in [7, 11) is 3.47. The van der Waals surface area contributed by atoms with Gasteiger partial charge in [-0.1, -0.05) is 20.8 Å². The molecule has 1 aliphatic rings. The van der Waals surface area contributed by atoms with Gasteiger partial charge in [-0.25, -0.2) is 4.79 Å². The van der Waals surface area contributed by atoms with Gasteiger partial charge in [0.15, 0.2) is 5.76 Å². The summed E-state index contributed by atoms with van der Waals surface area (Å²) in [6, 6.07) is 1.40. The number of carbonyl (C=O) groups excluding carboxylic acids is 1. The van der Waals surface area contributed by atoms with E-state index in [0.717, 1.165) is 19.3 Å². The van der Waals surface area contributed by atoms with E-state index in [2.05, 4.69) is 13.8 Å². The van der Waals surface area contributed by atoms with Gasteiger partial charge in [-0.2, -0.15) is 0 Å². The minimum atomic E-state index is -1.07. The third-order valence-corrected chi connectivity index (χ3v) is 5.70. The van der Waals surface area contributed by atoms with Crippen LogP contribution in [-0.4, -0.2) is 48.2 Å². The number of aryl methyl sites for hydroxylation is 1. The number of hydrogen-bond acceptors (Lipinski definition) is 4. The number of furan rings is 1. The van der Waals surface area contributed by atoms with Crippen LogP contribution in [0.5, 0.6) is 0 Å². The molecule has 1 heterocycles. The monoisotopic (exact) mass is 337 g/mol. The number of methoxy groups -OCH3 is 1. The second-order valence-corrected chi connectivity index (χ2v) is 6.44. The van der Waals surface area contributed by atoms with E-state index in [9.17, 15) is 14.7 Å². The van der Waals surface area contributed by atoms with E-state index in [1.807, 2.05) is 0 Å². The Hall–Kier alpha value is -1.82. The molecule has 6 nitrogen and oxygen atoms in total. The molecule has 1 aromatic rings. The van der Waals surface area contributed by atoms with E-state index < -0.39 is 5.97 Å². The molecular formula is C18H27NO5. The molecule has 2 unspecified atom stereocenters. The van der Waals surface area contributed by atoms with Crippen LogP contribution in [0.1, 0.15) is 66.7 Å². The molecule has 2 atom stereocenters. The number of aromatic carboxylic acids is 1. The van der Waals surface area contributed by atoms with Gasteiger partial charge in [-0.15, -0.1) is 0 Å². The zero-order valence-electron chi connectivity index (χ0n) is 15.1. The minimum Gasteiger partial charge on any atom is -0.478 e. The van der Waals surface area contributed by atoms with E-state index in [-0.39, 0.29) is 34.8 Å². The van der Waals surface area contributed by atoms with E-state index >= 15 is 0 Å². The number of carboxylic acids is 1. The number of carbonyl (C=O) groups is 2. The van der Waals surface area contributed by atoms with Crippen LogP contribution in [-0.2, 0) is 11.2 Å². The summed E-state index contributed by atoms with van der Waals surface area (Å²) in [5.41, 5.74) is 0.00415. The lowest BCUT2D eigenvalue weighted by atomic mass is 9.58. The Labute approximate surface area is 142 Å². The van der Waals surface area contributed by atoms with Crippen molar-refractivity contribution >= 4 is 11.9 Å². The highest BCUT2D eigenvalue weighted by atomic mass is 16.5. The van der Waals surface area contributed by atoms with Crippen LogP contribution in [0.25, 0.3) is 0 Å². The van der Waals surface area contributed by atoms with Crippen molar-refractivity contribution < 1.29 is 23.8 Å². The van der Waals surface area contributed by atoms with E-state index in [1.54, 1.807) is 26.0 Å². The second-order valence-electron chi connectivity index (χ2n) is 6.44. The van der Waals surface area contributed by atoms with Crippen molar-refractivity contribution in [2.75, 3.05) is 14.2 Å². The molecule has 6 heteroatoms. The van der Waals surface area contributed by atoms with Crippen LogP contribution in [0.4, 0.5) is 0 Å². The number of rotatable bonds is 7. The molecule has 0 radical (unpaired) electrons. The fourth-order valence-corrected chi connectivity index (χ4v) is 4.07. The van der Waals surface area contributed by atoms with Crippen LogP contribution < -0.4 is 0 Å². The molecule has 0 bridgehead atoms. The zero-order chi connectivity index (χ0) is 18.1. The maximum Gasteiger partial charge on any atom is 0.339 e. The van der Waals surface area contributed by atoms with Crippen molar-refractivity contribution in [2.24, 2.45) is 5.41 Å². The fraction of sp³-hybridized carbons (Fsp3) is 0.667. The Morgan fingerprint density at radius 1 is 1.38 bits per heavy atom. The first-order valence-corrected chi connectivity index (χ1v) is 8.52. The summed E-state index contributed by atoms with van der Waals surface area (Å²) in [6.07, 6.45) is 3.20. The number of ether oxygens (including phenoxy) is 1. The molecule has 1 aliphatic carbocycles. The summed E-state index contributed by atoms with van der Waals surface area (Å²) in [6.45, 7) is 6.03. The van der Waals surface area contributed by atoms with Gasteiger partial charge in [-0.3, -0.25) is 4.79 Å². The molecular weight excluding hydrogens is 310 g/mol. The van der Waals surface area contributed by atoms with Crippen LogP contribution in [0.3, 0.4) is 0 Å². The number of hydrogen-bond donors (Lipinski definition) is 1. The highest BCUT2D eigenvalue weighted by Crippen LogP contribution is 2.51. The van der Waals surface area contributed by atoms with Gasteiger partial charge >= 0.3 is 5.97 Å². The Morgan fingerprint density at radius 2 is 2.00 bits per heavy atom. The minimum absolute atomic E-state index is 0.0605. The Morgan fingerprint density at radius 3 is 2.42 bits per heavy atom. The van der Waals surface area contributed by atoms with Crippen molar-refractivity contribution in [3.8, 4) is 0 Å². The quantitative estimate of drug-likeness (QED) is 0.826. The second kappa shape index (κ2) is 6.97. The first-order chi connectivity index (χ1) is 11.4. The standard InChI is InChI=1S/C18H27NO5/c1-6-12-11(17(21)22)9-13(24-12)16(20)19(4)14-10-15(23-5)18(14,7-2)8-3/h9,14-15H,6-8,10H2,1-5H3,(H,21,22). The maximum atomic E-state index is 12.8. The number of nitrogens with zero attached hydrogens (tertiary/aromatic N) is 1.